The van der Waals surface area contributed by atoms with Crippen LogP contribution >= 0.6 is 22.9 Å². The second-order valence-corrected chi connectivity index (χ2v) is 7.10. The summed E-state index contributed by atoms with van der Waals surface area (Å²) in [4.78, 5) is 13.6. The van der Waals surface area contributed by atoms with Crippen LogP contribution in [0, 0.1) is 13.8 Å². The van der Waals surface area contributed by atoms with Crippen molar-refractivity contribution in [2.45, 2.75) is 46.7 Å². The van der Waals surface area contributed by atoms with E-state index in [1.807, 2.05) is 0 Å². The largest absolute Gasteiger partial charge is 0.396 e. The van der Waals surface area contributed by atoms with Gasteiger partial charge in [0.25, 0.3) is 0 Å². The first kappa shape index (κ1) is 16.6. The SMILES string of the molecule is Cc1sc2nc(CN(CCCO)C(C)C)nc(Cl)c2c1C. The third-order valence-electron chi connectivity index (χ3n) is 3.71. The minimum absolute atomic E-state index is 0.202. The molecule has 0 aliphatic rings. The zero-order valence-corrected chi connectivity index (χ0v) is 14.6. The molecule has 1 N–H and O–H groups in total. The van der Waals surface area contributed by atoms with Crippen molar-refractivity contribution in [2.75, 3.05) is 13.2 Å². The zero-order valence-electron chi connectivity index (χ0n) is 13.0. The summed E-state index contributed by atoms with van der Waals surface area (Å²) in [7, 11) is 0. The molecule has 0 bridgehead atoms. The van der Waals surface area contributed by atoms with E-state index in [1.54, 1.807) is 11.3 Å². The third-order valence-corrected chi connectivity index (χ3v) is 5.08. The van der Waals surface area contributed by atoms with E-state index in [0.717, 1.165) is 29.0 Å². The van der Waals surface area contributed by atoms with Crippen molar-refractivity contribution in [2.24, 2.45) is 0 Å². The van der Waals surface area contributed by atoms with Crippen LogP contribution < -0.4 is 0 Å². The smallest absolute Gasteiger partial charge is 0.145 e. The quantitative estimate of drug-likeness (QED) is 0.824. The summed E-state index contributed by atoms with van der Waals surface area (Å²) in [6.45, 7) is 10.1. The van der Waals surface area contributed by atoms with Crippen molar-refractivity contribution in [1.82, 2.24) is 14.9 Å². The van der Waals surface area contributed by atoms with Gasteiger partial charge in [-0.2, -0.15) is 0 Å². The van der Waals surface area contributed by atoms with Crippen molar-refractivity contribution >= 4 is 33.2 Å². The lowest BCUT2D eigenvalue weighted by atomic mass is 10.2. The molecule has 116 valence electrons. The molecular formula is C15H22ClN3OS. The summed E-state index contributed by atoms with van der Waals surface area (Å²) >= 11 is 8.01. The fraction of sp³-hybridized carbons (Fsp3) is 0.600. The van der Waals surface area contributed by atoms with Crippen molar-refractivity contribution in [3.8, 4) is 0 Å². The Morgan fingerprint density at radius 2 is 2.00 bits per heavy atom. The molecule has 2 aromatic rings. The number of hydrogen-bond donors (Lipinski definition) is 1. The molecule has 0 aliphatic carbocycles. The van der Waals surface area contributed by atoms with Gasteiger partial charge in [-0.1, -0.05) is 11.6 Å². The molecule has 0 radical (unpaired) electrons. The average molecular weight is 328 g/mol. The van der Waals surface area contributed by atoms with E-state index >= 15 is 0 Å². The van der Waals surface area contributed by atoms with Gasteiger partial charge in [0, 0.05) is 24.1 Å². The Morgan fingerprint density at radius 1 is 1.29 bits per heavy atom. The number of aliphatic hydroxyl groups excluding tert-OH is 1. The second-order valence-electron chi connectivity index (χ2n) is 5.54. The van der Waals surface area contributed by atoms with Gasteiger partial charge in [-0.3, -0.25) is 4.90 Å². The van der Waals surface area contributed by atoms with Gasteiger partial charge in [0.2, 0.25) is 0 Å². The fourth-order valence-electron chi connectivity index (χ4n) is 2.29. The van der Waals surface area contributed by atoms with Crippen molar-refractivity contribution in [3.63, 3.8) is 0 Å². The van der Waals surface area contributed by atoms with E-state index in [0.29, 0.717) is 17.7 Å². The molecule has 2 heterocycles. The van der Waals surface area contributed by atoms with E-state index in [9.17, 15) is 0 Å². The predicted octanol–water partition coefficient (Wildman–Crippen LogP) is 3.55. The molecule has 0 atom stereocenters. The van der Waals surface area contributed by atoms with Crippen LogP contribution in [-0.4, -0.2) is 39.2 Å². The normalized spacial score (nSPS) is 12.0. The number of nitrogens with zero attached hydrogens (tertiary/aromatic N) is 3. The van der Waals surface area contributed by atoms with Crippen LogP contribution in [0.25, 0.3) is 10.2 Å². The Labute approximate surface area is 134 Å². The molecule has 4 nitrogen and oxygen atoms in total. The number of thiophene rings is 1. The van der Waals surface area contributed by atoms with Gasteiger partial charge in [-0.25, -0.2) is 9.97 Å². The molecule has 21 heavy (non-hydrogen) atoms. The van der Waals surface area contributed by atoms with E-state index in [-0.39, 0.29) is 6.61 Å². The van der Waals surface area contributed by atoms with Crippen LogP contribution in [0.4, 0.5) is 0 Å². The number of hydrogen-bond acceptors (Lipinski definition) is 5. The molecule has 0 saturated carbocycles. The van der Waals surface area contributed by atoms with Gasteiger partial charge in [0.15, 0.2) is 0 Å². The fourth-order valence-corrected chi connectivity index (χ4v) is 3.72. The van der Waals surface area contributed by atoms with E-state index in [1.165, 1.54) is 10.4 Å². The maximum Gasteiger partial charge on any atom is 0.145 e. The first-order chi connectivity index (χ1) is 9.93. The number of aromatic nitrogens is 2. The maximum absolute atomic E-state index is 9.00. The van der Waals surface area contributed by atoms with Crippen LogP contribution in [0.15, 0.2) is 0 Å². The molecule has 2 rings (SSSR count). The predicted molar refractivity (Wildman–Crippen MR) is 89.1 cm³/mol. The number of halogens is 1. The number of rotatable bonds is 6. The highest BCUT2D eigenvalue weighted by Crippen LogP contribution is 2.33. The van der Waals surface area contributed by atoms with E-state index in [2.05, 4.69) is 42.6 Å². The van der Waals surface area contributed by atoms with Crippen LogP contribution in [0.3, 0.4) is 0 Å². The number of fused-ring (bicyclic) bond motifs is 1. The Kier molecular flexibility index (Phi) is 5.54. The van der Waals surface area contributed by atoms with Gasteiger partial charge in [0.05, 0.1) is 11.9 Å². The Morgan fingerprint density at radius 3 is 2.62 bits per heavy atom. The van der Waals surface area contributed by atoms with Gasteiger partial charge in [-0.15, -0.1) is 11.3 Å². The summed E-state index contributed by atoms with van der Waals surface area (Å²) in [5, 5.41) is 10.5. The van der Waals surface area contributed by atoms with E-state index < -0.39 is 0 Å². The molecular weight excluding hydrogens is 306 g/mol. The molecule has 2 aromatic heterocycles. The maximum atomic E-state index is 9.00. The molecule has 0 unspecified atom stereocenters. The van der Waals surface area contributed by atoms with Crippen molar-refractivity contribution in [3.05, 3.63) is 21.4 Å². The summed E-state index contributed by atoms with van der Waals surface area (Å²) in [5.41, 5.74) is 1.17. The summed E-state index contributed by atoms with van der Waals surface area (Å²) in [5.74, 6) is 0.750. The van der Waals surface area contributed by atoms with Gasteiger partial charge in [0.1, 0.15) is 15.8 Å². The Hall–Kier alpha value is -0.750. The molecule has 0 aromatic carbocycles. The highest BCUT2D eigenvalue weighted by molar-refractivity contribution is 7.18. The highest BCUT2D eigenvalue weighted by atomic mass is 35.5. The average Bonchev–Trinajstić information content (AvgIpc) is 2.70. The van der Waals surface area contributed by atoms with Gasteiger partial charge in [-0.05, 0) is 39.7 Å². The molecule has 0 amide bonds. The lowest BCUT2D eigenvalue weighted by Gasteiger charge is -2.25. The Bertz CT molecular complexity index is 627. The van der Waals surface area contributed by atoms with Crippen LogP contribution in [0.2, 0.25) is 5.15 Å². The highest BCUT2D eigenvalue weighted by Gasteiger charge is 2.16. The molecule has 6 heteroatoms. The lowest BCUT2D eigenvalue weighted by molar-refractivity contribution is 0.181. The zero-order chi connectivity index (χ0) is 15.6. The van der Waals surface area contributed by atoms with Crippen LogP contribution in [0.5, 0.6) is 0 Å². The molecule has 0 spiro atoms. The molecule has 0 fully saturated rings. The first-order valence-corrected chi connectivity index (χ1v) is 8.40. The molecule has 0 aliphatic heterocycles. The van der Waals surface area contributed by atoms with Crippen molar-refractivity contribution in [1.29, 1.82) is 0 Å². The summed E-state index contributed by atoms with van der Waals surface area (Å²) in [6, 6.07) is 0.376. The minimum Gasteiger partial charge on any atom is -0.396 e. The van der Waals surface area contributed by atoms with Crippen molar-refractivity contribution < 1.29 is 5.11 Å². The first-order valence-electron chi connectivity index (χ1n) is 7.21. The number of aliphatic hydroxyl groups is 1. The summed E-state index contributed by atoms with van der Waals surface area (Å²) < 4.78 is 0. The third kappa shape index (κ3) is 3.72. The topological polar surface area (TPSA) is 49.2 Å². The standard InChI is InChI=1S/C15H22ClN3OS/c1-9(2)19(6-5-7-20)8-12-17-14(16)13-10(3)11(4)21-15(13)18-12/h9,20H,5-8H2,1-4H3. The Balaban J connectivity index is 2.29. The monoisotopic (exact) mass is 327 g/mol. The van der Waals surface area contributed by atoms with Crippen LogP contribution in [0.1, 0.15) is 36.5 Å². The second kappa shape index (κ2) is 7.01. The minimum atomic E-state index is 0.202. The molecule has 0 saturated heterocycles. The van der Waals surface area contributed by atoms with Gasteiger partial charge >= 0.3 is 0 Å². The lowest BCUT2D eigenvalue weighted by Crippen LogP contribution is -2.32. The van der Waals surface area contributed by atoms with Crippen LogP contribution in [-0.2, 0) is 6.54 Å². The number of aryl methyl sites for hydroxylation is 2. The summed E-state index contributed by atoms with van der Waals surface area (Å²) in [6.07, 6.45) is 0.755. The van der Waals surface area contributed by atoms with Gasteiger partial charge < -0.3 is 5.11 Å². The van der Waals surface area contributed by atoms with E-state index in [4.69, 9.17) is 16.7 Å².